The van der Waals surface area contributed by atoms with Gasteiger partial charge in [0.1, 0.15) is 37.8 Å². The number of ether oxygens (including phenoxy) is 2. The smallest absolute Gasteiger partial charge is 0.128 e. The highest BCUT2D eigenvalue weighted by atomic mass is 16.5. The van der Waals surface area contributed by atoms with E-state index < -0.39 is 0 Å². The van der Waals surface area contributed by atoms with Crippen LogP contribution in [0.15, 0.2) is 138 Å². The van der Waals surface area contributed by atoms with Gasteiger partial charge in [0.2, 0.25) is 0 Å². The van der Waals surface area contributed by atoms with E-state index in [2.05, 4.69) is 132 Å². The first-order valence-electron chi connectivity index (χ1n) is 17.0. The third-order valence-electron chi connectivity index (χ3n) is 9.57. The number of fused-ring (bicyclic) bond motifs is 4. The summed E-state index contributed by atoms with van der Waals surface area (Å²) in [5.74, 6) is 1.24. The molecule has 0 aromatic heterocycles. The predicted molar refractivity (Wildman–Crippen MR) is 205 cm³/mol. The predicted octanol–water partition coefficient (Wildman–Crippen LogP) is 11.4. The molecule has 0 aliphatic heterocycles. The van der Waals surface area contributed by atoms with Crippen LogP contribution in [0.25, 0.3) is 71.8 Å². The largest absolute Gasteiger partial charge is 0.491 e. The average Bonchev–Trinajstić information content (AvgIpc) is 3.17. The van der Waals surface area contributed by atoms with Gasteiger partial charge in [-0.1, -0.05) is 120 Å². The maximum Gasteiger partial charge on any atom is 0.128 e. The first kappa shape index (κ1) is 31.1. The van der Waals surface area contributed by atoms with Crippen molar-refractivity contribution in [2.24, 2.45) is 10.4 Å². The number of rotatable bonds is 11. The van der Waals surface area contributed by atoms with Gasteiger partial charge in [0.25, 0.3) is 0 Å². The van der Waals surface area contributed by atoms with Crippen molar-refractivity contribution in [1.82, 2.24) is 0 Å². The molecule has 0 bridgehead atoms. The SMILES string of the molecule is O=NCCOc1ccc2cc(-c3cccc4c3C=CCC4)ccc2c1-c1c(OCCN=O)ccc2cc(-c3cccc4ccccc34)ccc12. The molecule has 8 rings (SSSR count). The molecule has 0 amide bonds. The van der Waals surface area contributed by atoms with E-state index in [0.717, 1.165) is 62.2 Å². The van der Waals surface area contributed by atoms with E-state index in [1.807, 2.05) is 12.1 Å². The molecule has 7 aromatic carbocycles. The fourth-order valence-electron chi connectivity index (χ4n) is 7.29. The molecule has 1 aliphatic rings. The molecule has 6 heteroatoms. The van der Waals surface area contributed by atoms with Crippen molar-refractivity contribution in [2.75, 3.05) is 26.3 Å². The molecular formula is C44H34N2O4. The number of allylic oxidation sites excluding steroid dienone is 1. The maximum atomic E-state index is 11.1. The summed E-state index contributed by atoms with van der Waals surface area (Å²) in [5, 5.41) is 12.5. The van der Waals surface area contributed by atoms with Gasteiger partial charge in [-0.05, 0) is 103 Å². The molecular weight excluding hydrogens is 620 g/mol. The third-order valence-corrected chi connectivity index (χ3v) is 9.57. The van der Waals surface area contributed by atoms with Crippen molar-refractivity contribution in [2.45, 2.75) is 12.8 Å². The molecule has 0 spiro atoms. The second-order valence-electron chi connectivity index (χ2n) is 12.5. The summed E-state index contributed by atoms with van der Waals surface area (Å²) in [4.78, 5) is 22.1. The lowest BCUT2D eigenvalue weighted by atomic mass is 9.87. The molecule has 6 nitrogen and oxygen atoms in total. The molecule has 0 saturated carbocycles. The summed E-state index contributed by atoms with van der Waals surface area (Å²) in [6.07, 6.45) is 6.58. The number of hydrogen-bond acceptors (Lipinski definition) is 6. The van der Waals surface area contributed by atoms with E-state index in [4.69, 9.17) is 9.47 Å². The lowest BCUT2D eigenvalue weighted by molar-refractivity contribution is 0.325. The highest BCUT2D eigenvalue weighted by molar-refractivity contribution is 6.11. The minimum atomic E-state index is 0.0284. The minimum Gasteiger partial charge on any atom is -0.491 e. The Kier molecular flexibility index (Phi) is 8.58. The van der Waals surface area contributed by atoms with E-state index in [1.165, 1.54) is 27.5 Å². The van der Waals surface area contributed by atoms with Crippen molar-refractivity contribution in [3.05, 3.63) is 148 Å². The molecule has 244 valence electrons. The van der Waals surface area contributed by atoms with Crippen molar-refractivity contribution >= 4 is 38.4 Å². The molecule has 0 N–H and O–H groups in total. The average molecular weight is 655 g/mol. The van der Waals surface area contributed by atoms with Crippen LogP contribution < -0.4 is 9.47 Å². The van der Waals surface area contributed by atoms with Crippen LogP contribution >= 0.6 is 0 Å². The minimum absolute atomic E-state index is 0.0284. The van der Waals surface area contributed by atoms with Crippen LogP contribution in [0, 0.1) is 9.81 Å². The highest BCUT2D eigenvalue weighted by Crippen LogP contribution is 2.47. The van der Waals surface area contributed by atoms with Crippen LogP contribution in [0.1, 0.15) is 17.5 Å². The highest BCUT2D eigenvalue weighted by Gasteiger charge is 2.21. The molecule has 7 aromatic rings. The molecule has 0 saturated heterocycles. The lowest BCUT2D eigenvalue weighted by Gasteiger charge is -2.20. The number of hydrogen-bond donors (Lipinski definition) is 0. The Morgan fingerprint density at radius 2 is 1.14 bits per heavy atom. The second-order valence-corrected chi connectivity index (χ2v) is 12.5. The van der Waals surface area contributed by atoms with Gasteiger partial charge < -0.3 is 9.47 Å². The van der Waals surface area contributed by atoms with Gasteiger partial charge in [-0.2, -0.15) is 9.81 Å². The van der Waals surface area contributed by atoms with Crippen LogP contribution in [0.2, 0.25) is 0 Å². The topological polar surface area (TPSA) is 77.3 Å². The quantitative estimate of drug-likeness (QED) is 0.103. The molecule has 0 fully saturated rings. The van der Waals surface area contributed by atoms with E-state index in [0.29, 0.717) is 11.5 Å². The van der Waals surface area contributed by atoms with Gasteiger partial charge in [-0.15, -0.1) is 0 Å². The fourth-order valence-corrected chi connectivity index (χ4v) is 7.29. The summed E-state index contributed by atoms with van der Waals surface area (Å²) in [5.41, 5.74) is 8.95. The zero-order chi connectivity index (χ0) is 33.9. The molecule has 0 unspecified atom stereocenters. The van der Waals surface area contributed by atoms with Crippen LogP contribution in [-0.4, -0.2) is 26.3 Å². The number of aryl methyl sites for hydroxylation is 1. The first-order chi connectivity index (χ1) is 24.7. The molecule has 0 heterocycles. The first-order valence-corrected chi connectivity index (χ1v) is 17.0. The van der Waals surface area contributed by atoms with Gasteiger partial charge in [-0.3, -0.25) is 0 Å². The van der Waals surface area contributed by atoms with Gasteiger partial charge >= 0.3 is 0 Å². The summed E-state index contributed by atoms with van der Waals surface area (Å²) in [6, 6.07) is 42.4. The molecule has 0 radical (unpaired) electrons. The van der Waals surface area contributed by atoms with Crippen LogP contribution in [0.5, 0.6) is 11.5 Å². The van der Waals surface area contributed by atoms with Gasteiger partial charge in [-0.25, -0.2) is 0 Å². The van der Waals surface area contributed by atoms with Gasteiger partial charge in [0.05, 0.1) is 0 Å². The van der Waals surface area contributed by atoms with Gasteiger partial charge in [0.15, 0.2) is 0 Å². The standard InChI is InChI=1S/C44H34N2O4/c47-45-23-25-49-41-21-17-33-27-31(37-13-5-9-29-7-1-3-11-35(29)37)15-19-39(33)43(41)44-40-20-16-32(28-34(40)18-22-42(44)50-26-24-46-48)38-14-6-10-30-8-2-4-12-36(30)38/h1,3-7,9-22,27-28H,2,8,23-26H2. The molecule has 50 heavy (non-hydrogen) atoms. The van der Waals surface area contributed by atoms with Crippen LogP contribution in [-0.2, 0) is 6.42 Å². The van der Waals surface area contributed by atoms with Crippen molar-refractivity contribution in [1.29, 1.82) is 0 Å². The van der Waals surface area contributed by atoms with Crippen molar-refractivity contribution < 1.29 is 9.47 Å². The molecule has 1 aliphatic carbocycles. The van der Waals surface area contributed by atoms with E-state index in [1.54, 1.807) is 0 Å². The van der Waals surface area contributed by atoms with Gasteiger partial charge in [0, 0.05) is 11.1 Å². The molecule has 0 atom stereocenters. The Bertz CT molecular complexity index is 2440. The maximum absolute atomic E-state index is 11.1. The Hall–Kier alpha value is -6.14. The van der Waals surface area contributed by atoms with Crippen LogP contribution in [0.4, 0.5) is 0 Å². The number of nitroso groups, excluding NO2 is 2. The summed E-state index contributed by atoms with van der Waals surface area (Å²) in [6.45, 7) is 0.342. The van der Waals surface area contributed by atoms with Crippen LogP contribution in [0.3, 0.4) is 0 Å². The zero-order valence-corrected chi connectivity index (χ0v) is 27.5. The second kappa shape index (κ2) is 13.8. The fraction of sp³-hybridized carbons (Fsp3) is 0.136. The monoisotopic (exact) mass is 654 g/mol. The van der Waals surface area contributed by atoms with E-state index in [9.17, 15) is 9.81 Å². The number of benzene rings is 7. The van der Waals surface area contributed by atoms with E-state index >= 15 is 0 Å². The summed E-state index contributed by atoms with van der Waals surface area (Å²) >= 11 is 0. The van der Waals surface area contributed by atoms with Crippen molar-refractivity contribution in [3.8, 4) is 44.9 Å². The Morgan fingerprint density at radius 3 is 1.82 bits per heavy atom. The zero-order valence-electron chi connectivity index (χ0n) is 27.5. The Balaban J connectivity index is 1.34. The lowest BCUT2D eigenvalue weighted by Crippen LogP contribution is -2.05. The number of nitrogens with zero attached hydrogens (tertiary/aromatic N) is 2. The van der Waals surface area contributed by atoms with Crippen molar-refractivity contribution in [3.63, 3.8) is 0 Å². The summed E-state index contributed by atoms with van der Waals surface area (Å²) in [7, 11) is 0. The third kappa shape index (κ3) is 5.79. The normalized spacial score (nSPS) is 12.2. The summed E-state index contributed by atoms with van der Waals surface area (Å²) < 4.78 is 12.5. The van der Waals surface area contributed by atoms with E-state index in [-0.39, 0.29) is 26.3 Å². The Labute approximate surface area is 289 Å². The Morgan fingerprint density at radius 1 is 0.540 bits per heavy atom.